The second-order valence-electron chi connectivity index (χ2n) is 18.0. The minimum atomic E-state index is -0.723. The van der Waals surface area contributed by atoms with E-state index in [9.17, 15) is 19.2 Å². The summed E-state index contributed by atoms with van der Waals surface area (Å²) in [6.45, 7) is 10.0. The van der Waals surface area contributed by atoms with Crippen LogP contribution in [-0.4, -0.2) is 106 Å². The highest BCUT2D eigenvalue weighted by atomic mass is 16.5. The first-order valence-electron chi connectivity index (χ1n) is 22.1. The number of alkyl carbamates (subject to hydrolysis) is 2. The van der Waals surface area contributed by atoms with E-state index in [0.717, 1.165) is 74.8 Å². The summed E-state index contributed by atoms with van der Waals surface area (Å²) in [5.74, 6) is 1.98. The summed E-state index contributed by atoms with van der Waals surface area (Å²) in [5, 5.41) is 7.53. The van der Waals surface area contributed by atoms with Gasteiger partial charge in [-0.3, -0.25) is 9.59 Å². The Balaban J connectivity index is 0.960. The zero-order chi connectivity index (χ0) is 44.1. The van der Waals surface area contributed by atoms with Gasteiger partial charge in [-0.05, 0) is 103 Å². The number of carbonyl (C=O) groups excluding carboxylic acids is 4. The van der Waals surface area contributed by atoms with E-state index in [4.69, 9.17) is 28.9 Å². The molecule has 6 heterocycles. The SMILES string of the molecule is COC(=O)NC(C(=O)N1CC(C)CC1c1nc2c(ccc3cc4c(cc32)OCc2cc(-c3cnc(C5CCC(C)N5C(=O)C(NC(=O)OC)C5CCOCC5)[nH]3)ccc2-4)[nH]1)C(C)C. The van der Waals surface area contributed by atoms with Crippen molar-refractivity contribution in [2.45, 2.75) is 96.6 Å². The largest absolute Gasteiger partial charge is 0.488 e. The van der Waals surface area contributed by atoms with Gasteiger partial charge in [0, 0.05) is 36.8 Å². The van der Waals surface area contributed by atoms with E-state index in [1.54, 1.807) is 0 Å². The molecule has 0 spiro atoms. The molecule has 0 radical (unpaired) electrons. The first-order valence-corrected chi connectivity index (χ1v) is 22.1. The lowest BCUT2D eigenvalue weighted by molar-refractivity contribution is -0.138. The zero-order valence-electron chi connectivity index (χ0n) is 36.7. The van der Waals surface area contributed by atoms with Crippen molar-refractivity contribution in [3.05, 3.63) is 65.9 Å². The van der Waals surface area contributed by atoms with Gasteiger partial charge in [0.1, 0.15) is 36.1 Å². The maximum Gasteiger partial charge on any atom is 0.407 e. The van der Waals surface area contributed by atoms with Crippen LogP contribution >= 0.6 is 0 Å². The third-order valence-electron chi connectivity index (χ3n) is 13.5. The summed E-state index contributed by atoms with van der Waals surface area (Å²) < 4.78 is 21.7. The van der Waals surface area contributed by atoms with Crippen molar-refractivity contribution in [1.29, 1.82) is 0 Å². The van der Waals surface area contributed by atoms with Crippen LogP contribution in [0.2, 0.25) is 0 Å². The number of fused-ring (bicyclic) bond motifs is 6. The van der Waals surface area contributed by atoms with Crippen LogP contribution in [-0.2, 0) is 30.4 Å². The zero-order valence-corrected chi connectivity index (χ0v) is 36.7. The molecule has 3 saturated heterocycles. The number of hydrogen-bond acceptors (Lipinski definition) is 10. The predicted molar refractivity (Wildman–Crippen MR) is 235 cm³/mol. The van der Waals surface area contributed by atoms with Gasteiger partial charge in [-0.25, -0.2) is 19.6 Å². The Morgan fingerprint density at radius 2 is 1.63 bits per heavy atom. The summed E-state index contributed by atoms with van der Waals surface area (Å²) >= 11 is 0. The van der Waals surface area contributed by atoms with Gasteiger partial charge in [0.15, 0.2) is 0 Å². The number of imidazole rings is 2. The standard InChI is InChI=1S/C47H56N8O8/c1-24(2)39(52-46(58)60-5)44(56)54-22-25(3)17-37(54)43-49-34-11-9-28-19-33-31-10-8-29(18-30(31)23-63-38(33)20-32(28)41(34)51-43)35-21-48-42(50-35)36-12-7-26(4)55(36)45(57)40(53-47(59)61-6)27-13-15-62-16-14-27/h8-11,18-21,24-27,36-37,39-40H,7,12-17,22-23H2,1-6H3,(H,48,50)(H,49,51)(H,52,58)(H,53,59). The molecule has 6 atom stereocenters. The molecule has 16 nitrogen and oxygen atoms in total. The lowest BCUT2D eigenvalue weighted by atomic mass is 9.90. The molecule has 6 unspecified atom stereocenters. The molecule has 3 aromatic carbocycles. The van der Waals surface area contributed by atoms with Crippen molar-refractivity contribution >= 4 is 45.8 Å². The van der Waals surface area contributed by atoms with Gasteiger partial charge in [-0.15, -0.1) is 0 Å². The van der Waals surface area contributed by atoms with Gasteiger partial charge in [0.25, 0.3) is 0 Å². The van der Waals surface area contributed by atoms with E-state index >= 15 is 0 Å². The minimum absolute atomic E-state index is 0.0287. The van der Waals surface area contributed by atoms with E-state index in [-0.39, 0.29) is 47.7 Å². The molecule has 4 aliphatic rings. The number of likely N-dealkylation sites (tertiary alicyclic amines) is 2. The lowest BCUT2D eigenvalue weighted by Crippen LogP contribution is -2.54. The normalized spacial score (nSPS) is 22.1. The lowest BCUT2D eigenvalue weighted by Gasteiger charge is -2.36. The molecule has 63 heavy (non-hydrogen) atoms. The molecular formula is C47H56N8O8. The number of aromatic nitrogens is 4. The van der Waals surface area contributed by atoms with Crippen LogP contribution in [0, 0.1) is 17.8 Å². The smallest absolute Gasteiger partial charge is 0.407 e. The third-order valence-corrected chi connectivity index (χ3v) is 13.5. The second-order valence-corrected chi connectivity index (χ2v) is 18.0. The number of methoxy groups -OCH3 is 2. The average molecular weight is 861 g/mol. The molecule has 3 fully saturated rings. The minimum Gasteiger partial charge on any atom is -0.488 e. The highest BCUT2D eigenvalue weighted by molar-refractivity contribution is 6.07. The maximum atomic E-state index is 14.3. The van der Waals surface area contributed by atoms with Gasteiger partial charge in [-0.1, -0.05) is 39.0 Å². The topological polar surface area (TPSA) is 193 Å². The van der Waals surface area contributed by atoms with Crippen LogP contribution in [0.1, 0.15) is 89.1 Å². The molecule has 4 N–H and O–H groups in total. The molecule has 0 aliphatic carbocycles. The Bertz CT molecular complexity index is 2560. The van der Waals surface area contributed by atoms with Crippen molar-refractivity contribution in [3.63, 3.8) is 0 Å². The van der Waals surface area contributed by atoms with Crippen molar-refractivity contribution < 1.29 is 38.1 Å². The Kier molecular flexibility index (Phi) is 11.5. The molecule has 9 rings (SSSR count). The summed E-state index contributed by atoms with van der Waals surface area (Å²) in [6, 6.07) is 12.7. The molecule has 5 aromatic rings. The maximum absolute atomic E-state index is 14.3. The van der Waals surface area contributed by atoms with E-state index in [1.807, 2.05) is 42.8 Å². The van der Waals surface area contributed by atoms with E-state index in [1.165, 1.54) is 14.2 Å². The number of aromatic amines is 2. The average Bonchev–Trinajstić information content (AvgIpc) is 4.12. The molecule has 4 amide bonds. The number of hydrogen-bond donors (Lipinski definition) is 4. The molecule has 332 valence electrons. The van der Waals surface area contributed by atoms with Crippen LogP contribution in [0.3, 0.4) is 0 Å². The van der Waals surface area contributed by atoms with Crippen LogP contribution in [0.4, 0.5) is 9.59 Å². The summed E-state index contributed by atoms with van der Waals surface area (Å²) in [4.78, 5) is 73.5. The number of carbonyl (C=O) groups is 4. The molecule has 4 aliphatic heterocycles. The number of amides is 4. The van der Waals surface area contributed by atoms with Gasteiger partial charge >= 0.3 is 12.2 Å². The number of nitrogens with zero attached hydrogens (tertiary/aromatic N) is 4. The number of rotatable bonds is 9. The van der Waals surface area contributed by atoms with Gasteiger partial charge in [0.05, 0.1) is 49.2 Å². The Hall–Kier alpha value is -6.16. The van der Waals surface area contributed by atoms with Crippen molar-refractivity contribution in [3.8, 4) is 28.1 Å². The fourth-order valence-electron chi connectivity index (χ4n) is 10.1. The number of H-pyrrole nitrogens is 2. The van der Waals surface area contributed by atoms with Crippen LogP contribution in [0.15, 0.2) is 48.7 Å². The second kappa shape index (κ2) is 17.2. The molecule has 2 aromatic heterocycles. The Morgan fingerprint density at radius 3 is 2.40 bits per heavy atom. The monoisotopic (exact) mass is 860 g/mol. The van der Waals surface area contributed by atoms with E-state index in [0.29, 0.717) is 50.9 Å². The molecule has 16 heteroatoms. The fourth-order valence-corrected chi connectivity index (χ4v) is 10.1. The summed E-state index contributed by atoms with van der Waals surface area (Å²) in [6.07, 6.45) is 4.24. The number of ether oxygens (including phenoxy) is 4. The van der Waals surface area contributed by atoms with Crippen molar-refractivity contribution in [1.82, 2.24) is 40.4 Å². The first kappa shape index (κ1) is 42.2. The van der Waals surface area contributed by atoms with Crippen molar-refractivity contribution in [2.75, 3.05) is 34.0 Å². The van der Waals surface area contributed by atoms with Gasteiger partial charge in [0.2, 0.25) is 11.8 Å². The Morgan fingerprint density at radius 1 is 0.857 bits per heavy atom. The summed E-state index contributed by atoms with van der Waals surface area (Å²) in [5.41, 5.74) is 6.58. The Labute approximate surface area is 365 Å². The van der Waals surface area contributed by atoms with Gasteiger partial charge < -0.3 is 49.3 Å². The number of nitrogens with one attached hydrogen (secondary N) is 4. The van der Waals surface area contributed by atoms with Crippen LogP contribution < -0.4 is 15.4 Å². The van der Waals surface area contributed by atoms with Crippen molar-refractivity contribution in [2.24, 2.45) is 17.8 Å². The quantitative estimate of drug-likeness (QED) is 0.118. The number of benzene rings is 3. The third kappa shape index (κ3) is 7.93. The first-order chi connectivity index (χ1) is 30.4. The summed E-state index contributed by atoms with van der Waals surface area (Å²) in [7, 11) is 2.60. The van der Waals surface area contributed by atoms with E-state index in [2.05, 4.69) is 63.9 Å². The highest BCUT2D eigenvalue weighted by Crippen LogP contribution is 2.44. The molecule has 0 saturated carbocycles. The highest BCUT2D eigenvalue weighted by Gasteiger charge is 2.44. The molecular weight excluding hydrogens is 805 g/mol. The van der Waals surface area contributed by atoms with Crippen LogP contribution in [0.25, 0.3) is 44.2 Å². The molecule has 0 bridgehead atoms. The predicted octanol–water partition coefficient (Wildman–Crippen LogP) is 7.16. The van der Waals surface area contributed by atoms with Gasteiger partial charge in [-0.2, -0.15) is 0 Å². The fraction of sp³-hybridized carbons (Fsp3) is 0.489. The van der Waals surface area contributed by atoms with Crippen LogP contribution in [0.5, 0.6) is 5.75 Å². The van der Waals surface area contributed by atoms with E-state index < -0.39 is 24.3 Å².